The maximum Gasteiger partial charge on any atom is 0.254 e. The highest BCUT2D eigenvalue weighted by molar-refractivity contribution is 7.99. The van der Waals surface area contributed by atoms with Crippen LogP contribution in [0, 0.1) is 0 Å². The molecule has 1 aliphatic rings. The zero-order chi connectivity index (χ0) is 21.1. The predicted molar refractivity (Wildman–Crippen MR) is 119 cm³/mol. The molecule has 1 atom stereocenters. The van der Waals surface area contributed by atoms with E-state index in [-0.39, 0.29) is 23.6 Å². The standard InChI is InChI=1S/C21H23N5O2S2/c1-3-17-16-8-10-29-18(16)7-9-26(17)20(28)14-5-4-6-15(11-14)23-19(27)12-30-21-24-22-13-25(21)2/h4-6,8,10-11,13,17H,3,7,9,12H2,1-2H3,(H,23,27). The number of anilines is 1. The van der Waals surface area contributed by atoms with Crippen molar-refractivity contribution in [3.8, 4) is 0 Å². The molecular weight excluding hydrogens is 418 g/mol. The average molecular weight is 442 g/mol. The lowest BCUT2D eigenvalue weighted by molar-refractivity contribution is -0.113. The summed E-state index contributed by atoms with van der Waals surface area (Å²) in [5, 5.41) is 13.4. The number of nitrogens with one attached hydrogen (secondary N) is 1. The first-order valence-corrected chi connectivity index (χ1v) is 11.7. The van der Waals surface area contributed by atoms with Crippen molar-refractivity contribution in [1.82, 2.24) is 19.7 Å². The van der Waals surface area contributed by atoms with Crippen LogP contribution in [0.4, 0.5) is 5.69 Å². The molecule has 0 spiro atoms. The number of benzene rings is 1. The van der Waals surface area contributed by atoms with Crippen molar-refractivity contribution >= 4 is 40.6 Å². The van der Waals surface area contributed by atoms with Crippen LogP contribution < -0.4 is 5.32 Å². The van der Waals surface area contributed by atoms with Crippen LogP contribution in [0.3, 0.4) is 0 Å². The van der Waals surface area contributed by atoms with Crippen LogP contribution >= 0.6 is 23.1 Å². The molecule has 2 amide bonds. The van der Waals surface area contributed by atoms with Crippen molar-refractivity contribution < 1.29 is 9.59 Å². The summed E-state index contributed by atoms with van der Waals surface area (Å²) in [4.78, 5) is 28.9. The molecule has 1 N–H and O–H groups in total. The Morgan fingerprint density at radius 1 is 1.33 bits per heavy atom. The number of aromatic nitrogens is 3. The van der Waals surface area contributed by atoms with Crippen LogP contribution in [-0.4, -0.2) is 43.8 Å². The van der Waals surface area contributed by atoms with E-state index in [1.54, 1.807) is 40.4 Å². The van der Waals surface area contributed by atoms with Gasteiger partial charge in [-0.15, -0.1) is 21.5 Å². The van der Waals surface area contributed by atoms with Gasteiger partial charge in [-0.3, -0.25) is 9.59 Å². The summed E-state index contributed by atoms with van der Waals surface area (Å²) in [5.74, 6) is 0.0681. The van der Waals surface area contributed by atoms with Gasteiger partial charge in [0.25, 0.3) is 5.91 Å². The van der Waals surface area contributed by atoms with E-state index in [2.05, 4.69) is 33.9 Å². The monoisotopic (exact) mass is 441 g/mol. The number of rotatable bonds is 6. The summed E-state index contributed by atoms with van der Waals surface area (Å²) in [6.07, 6.45) is 3.37. The van der Waals surface area contributed by atoms with Gasteiger partial charge in [0, 0.05) is 29.7 Å². The summed E-state index contributed by atoms with van der Waals surface area (Å²) in [5.41, 5.74) is 2.48. The van der Waals surface area contributed by atoms with E-state index in [4.69, 9.17) is 0 Å². The topological polar surface area (TPSA) is 80.1 Å². The van der Waals surface area contributed by atoms with Crippen LogP contribution in [0.25, 0.3) is 0 Å². The van der Waals surface area contributed by atoms with Crippen LogP contribution in [-0.2, 0) is 18.3 Å². The molecule has 2 aromatic heterocycles. The van der Waals surface area contributed by atoms with Gasteiger partial charge < -0.3 is 14.8 Å². The lowest BCUT2D eigenvalue weighted by Crippen LogP contribution is -2.39. The second-order valence-corrected chi connectivity index (χ2v) is 9.06. The number of carbonyl (C=O) groups excluding carboxylic acids is 2. The molecular formula is C21H23N5O2S2. The van der Waals surface area contributed by atoms with E-state index >= 15 is 0 Å². The number of thioether (sulfide) groups is 1. The molecule has 1 unspecified atom stereocenters. The molecule has 9 heteroatoms. The predicted octanol–water partition coefficient (Wildman–Crippen LogP) is 3.76. The highest BCUT2D eigenvalue weighted by Crippen LogP contribution is 2.36. The third-order valence-electron chi connectivity index (χ3n) is 5.14. The van der Waals surface area contributed by atoms with E-state index in [0.29, 0.717) is 16.4 Å². The summed E-state index contributed by atoms with van der Waals surface area (Å²) in [6.45, 7) is 2.83. The zero-order valence-electron chi connectivity index (χ0n) is 16.9. The Bertz CT molecular complexity index is 1060. The number of aryl methyl sites for hydroxylation is 1. The Hall–Kier alpha value is -2.65. The highest BCUT2D eigenvalue weighted by atomic mass is 32.2. The molecule has 30 heavy (non-hydrogen) atoms. The van der Waals surface area contributed by atoms with Crippen molar-refractivity contribution in [2.45, 2.75) is 31.0 Å². The largest absolute Gasteiger partial charge is 0.331 e. The number of amides is 2. The minimum Gasteiger partial charge on any atom is -0.331 e. The van der Waals surface area contributed by atoms with Crippen molar-refractivity contribution in [3.63, 3.8) is 0 Å². The average Bonchev–Trinajstić information content (AvgIpc) is 3.39. The number of fused-ring (bicyclic) bond motifs is 1. The molecule has 0 fully saturated rings. The van der Waals surface area contributed by atoms with Gasteiger partial charge in [0.2, 0.25) is 5.91 Å². The Morgan fingerprint density at radius 2 is 2.20 bits per heavy atom. The molecule has 0 saturated carbocycles. The third kappa shape index (κ3) is 4.27. The van der Waals surface area contributed by atoms with Crippen LogP contribution in [0.2, 0.25) is 0 Å². The third-order valence-corrected chi connectivity index (χ3v) is 7.17. The van der Waals surface area contributed by atoms with Crippen LogP contribution in [0.15, 0.2) is 47.2 Å². The molecule has 3 heterocycles. The molecule has 156 valence electrons. The van der Waals surface area contributed by atoms with E-state index in [0.717, 1.165) is 19.4 Å². The Balaban J connectivity index is 1.43. The molecule has 0 bridgehead atoms. The Labute approximate surface area is 183 Å². The lowest BCUT2D eigenvalue weighted by atomic mass is 9.97. The smallest absolute Gasteiger partial charge is 0.254 e. The van der Waals surface area contributed by atoms with Crippen molar-refractivity contribution in [1.29, 1.82) is 0 Å². The summed E-state index contributed by atoms with van der Waals surface area (Å²) >= 11 is 3.09. The van der Waals surface area contributed by atoms with Crippen LogP contribution in [0.5, 0.6) is 0 Å². The van der Waals surface area contributed by atoms with Gasteiger partial charge in [-0.05, 0) is 48.1 Å². The van der Waals surface area contributed by atoms with Gasteiger partial charge in [-0.2, -0.15) is 0 Å². The van der Waals surface area contributed by atoms with Gasteiger partial charge in [0.1, 0.15) is 6.33 Å². The number of carbonyl (C=O) groups is 2. The second-order valence-electron chi connectivity index (χ2n) is 7.11. The van der Waals surface area contributed by atoms with Crippen molar-refractivity contribution in [3.05, 3.63) is 58.0 Å². The van der Waals surface area contributed by atoms with Gasteiger partial charge in [0.15, 0.2) is 5.16 Å². The first-order valence-electron chi connectivity index (χ1n) is 9.80. The van der Waals surface area contributed by atoms with Crippen molar-refractivity contribution in [2.24, 2.45) is 7.05 Å². The minimum atomic E-state index is -0.153. The van der Waals surface area contributed by atoms with Gasteiger partial charge in [-0.1, -0.05) is 24.8 Å². The van der Waals surface area contributed by atoms with Crippen molar-refractivity contribution in [2.75, 3.05) is 17.6 Å². The number of nitrogens with zero attached hydrogens (tertiary/aromatic N) is 4. The highest BCUT2D eigenvalue weighted by Gasteiger charge is 2.30. The molecule has 7 nitrogen and oxygen atoms in total. The molecule has 1 aromatic carbocycles. The van der Waals surface area contributed by atoms with Gasteiger partial charge >= 0.3 is 0 Å². The number of hydrogen-bond donors (Lipinski definition) is 1. The number of thiophene rings is 1. The summed E-state index contributed by atoms with van der Waals surface area (Å²) in [6, 6.07) is 9.41. The maximum absolute atomic E-state index is 13.3. The van der Waals surface area contributed by atoms with Crippen LogP contribution in [0.1, 0.15) is 40.2 Å². The molecule has 3 aromatic rings. The molecule has 0 radical (unpaired) electrons. The molecule has 0 saturated heterocycles. The summed E-state index contributed by atoms with van der Waals surface area (Å²) in [7, 11) is 1.83. The van der Waals surface area contributed by atoms with E-state index in [9.17, 15) is 9.59 Å². The van der Waals surface area contributed by atoms with E-state index in [1.807, 2.05) is 18.0 Å². The molecule has 1 aliphatic heterocycles. The first-order chi connectivity index (χ1) is 14.6. The SMILES string of the molecule is CCC1c2ccsc2CCN1C(=O)c1cccc(NC(=O)CSc2nncn2C)c1. The van der Waals surface area contributed by atoms with Gasteiger partial charge in [0.05, 0.1) is 11.8 Å². The Kier molecular flexibility index (Phi) is 6.19. The summed E-state index contributed by atoms with van der Waals surface area (Å²) < 4.78 is 1.76. The molecule has 4 rings (SSSR count). The minimum absolute atomic E-state index is 0.00302. The normalized spacial score (nSPS) is 15.7. The number of hydrogen-bond acceptors (Lipinski definition) is 6. The fourth-order valence-electron chi connectivity index (χ4n) is 3.71. The fourth-order valence-corrected chi connectivity index (χ4v) is 5.32. The first kappa shape index (κ1) is 20.6. The lowest BCUT2D eigenvalue weighted by Gasteiger charge is -2.35. The zero-order valence-corrected chi connectivity index (χ0v) is 18.5. The fraction of sp³-hybridized carbons (Fsp3) is 0.333. The maximum atomic E-state index is 13.3. The Morgan fingerprint density at radius 3 is 2.97 bits per heavy atom. The van der Waals surface area contributed by atoms with E-state index in [1.165, 1.54) is 22.2 Å². The molecule has 0 aliphatic carbocycles. The van der Waals surface area contributed by atoms with Gasteiger partial charge in [-0.25, -0.2) is 0 Å². The second kappa shape index (κ2) is 9.01. The quantitative estimate of drug-likeness (QED) is 0.589. The van der Waals surface area contributed by atoms with E-state index < -0.39 is 0 Å².